The molecular weight excluding hydrogens is 510 g/mol. The van der Waals surface area contributed by atoms with Crippen LogP contribution in [-0.2, 0) is 19.6 Å². The summed E-state index contributed by atoms with van der Waals surface area (Å²) in [6, 6.07) is 18.5. The van der Waals surface area contributed by atoms with Crippen molar-refractivity contribution in [1.29, 1.82) is 0 Å². The number of hydrazone groups is 1. The van der Waals surface area contributed by atoms with E-state index in [1.807, 2.05) is 0 Å². The Hall–Kier alpha value is -4.09. The Balaban J connectivity index is 1.78. The average molecular weight is 532 g/mol. The highest BCUT2D eigenvalue weighted by Gasteiger charge is 2.28. The van der Waals surface area contributed by atoms with E-state index in [1.165, 1.54) is 56.8 Å². The second-order valence-electron chi connectivity index (χ2n) is 7.04. The van der Waals surface area contributed by atoms with Gasteiger partial charge in [-0.25, -0.2) is 18.6 Å². The normalized spacial score (nSPS) is 11.1. The van der Waals surface area contributed by atoms with Crippen LogP contribution in [0.4, 0.5) is 10.5 Å². The van der Waals surface area contributed by atoms with Crippen LogP contribution in [0.1, 0.15) is 5.56 Å². The topological polar surface area (TPSA) is 124 Å². The fourth-order valence-corrected chi connectivity index (χ4v) is 4.75. The fraction of sp³-hybridized carbons (Fsp3) is 0.125. The van der Waals surface area contributed by atoms with E-state index < -0.39 is 28.6 Å². The van der Waals surface area contributed by atoms with Gasteiger partial charge in [-0.2, -0.15) is 5.10 Å². The third-order valence-corrected chi connectivity index (χ3v) is 6.78. The number of methoxy groups -OCH3 is 2. The van der Waals surface area contributed by atoms with E-state index in [1.54, 1.807) is 36.4 Å². The molecule has 10 nitrogen and oxygen atoms in total. The minimum absolute atomic E-state index is 0.00239. The minimum atomic E-state index is -4.11. The SMILES string of the molecule is COC(=O)Oc1ccc(C=NNC(=O)CN(c2ccccc2Cl)S(=O)(=O)c2ccccc2)cc1OC. The highest BCUT2D eigenvalue weighted by atomic mass is 35.5. The van der Waals surface area contributed by atoms with Gasteiger partial charge in [0, 0.05) is 0 Å². The molecule has 12 heteroatoms. The number of amides is 1. The third-order valence-electron chi connectivity index (χ3n) is 4.69. The maximum atomic E-state index is 13.3. The monoisotopic (exact) mass is 531 g/mol. The molecule has 0 aliphatic heterocycles. The van der Waals surface area contributed by atoms with Gasteiger partial charge >= 0.3 is 6.16 Å². The van der Waals surface area contributed by atoms with E-state index in [-0.39, 0.29) is 27.1 Å². The maximum Gasteiger partial charge on any atom is 0.513 e. The van der Waals surface area contributed by atoms with Crippen molar-refractivity contribution in [2.45, 2.75) is 4.90 Å². The van der Waals surface area contributed by atoms with Crippen molar-refractivity contribution in [1.82, 2.24) is 5.43 Å². The van der Waals surface area contributed by atoms with Gasteiger partial charge < -0.3 is 14.2 Å². The van der Waals surface area contributed by atoms with Crippen molar-refractivity contribution in [3.8, 4) is 11.5 Å². The average Bonchev–Trinajstić information content (AvgIpc) is 2.89. The number of carbonyl (C=O) groups is 2. The third kappa shape index (κ3) is 6.52. The van der Waals surface area contributed by atoms with Crippen molar-refractivity contribution in [3.63, 3.8) is 0 Å². The summed E-state index contributed by atoms with van der Waals surface area (Å²) in [7, 11) is -1.54. The standard InChI is InChI=1S/C24H22ClN3O7S/c1-33-22-14-17(12-13-21(22)35-24(30)34-2)15-26-27-23(29)16-28(20-11-7-6-10-19(20)25)36(31,32)18-8-4-3-5-9-18/h3-15H,16H2,1-2H3,(H,27,29). The molecule has 0 heterocycles. The Morgan fingerprint density at radius 1 is 1.00 bits per heavy atom. The summed E-state index contributed by atoms with van der Waals surface area (Å²) in [5, 5.41) is 4.04. The summed E-state index contributed by atoms with van der Waals surface area (Å²) < 4.78 is 42.1. The van der Waals surface area contributed by atoms with Crippen molar-refractivity contribution >= 4 is 45.6 Å². The number of ether oxygens (including phenoxy) is 3. The van der Waals surface area contributed by atoms with Gasteiger partial charge in [0.1, 0.15) is 6.54 Å². The molecule has 0 bridgehead atoms. The van der Waals surface area contributed by atoms with Gasteiger partial charge in [0.2, 0.25) is 0 Å². The number of carbonyl (C=O) groups excluding carboxylic acids is 2. The zero-order valence-electron chi connectivity index (χ0n) is 19.3. The molecule has 0 fully saturated rings. The van der Waals surface area contributed by atoms with Gasteiger partial charge in [-0.15, -0.1) is 0 Å². The first kappa shape index (κ1) is 26.5. The number of para-hydroxylation sites is 1. The summed E-state index contributed by atoms with van der Waals surface area (Å²) >= 11 is 6.24. The van der Waals surface area contributed by atoms with E-state index in [0.29, 0.717) is 5.56 Å². The number of rotatable bonds is 9. The van der Waals surface area contributed by atoms with Crippen LogP contribution in [0.15, 0.2) is 82.8 Å². The zero-order valence-corrected chi connectivity index (χ0v) is 20.8. The quantitative estimate of drug-likeness (QED) is 0.192. The molecule has 0 saturated carbocycles. The molecule has 1 N–H and O–H groups in total. The molecule has 3 rings (SSSR count). The molecule has 0 radical (unpaired) electrons. The predicted octanol–water partition coefficient (Wildman–Crippen LogP) is 3.84. The molecule has 0 aliphatic carbocycles. The molecule has 0 aromatic heterocycles. The second kappa shape index (κ2) is 12.0. The van der Waals surface area contributed by atoms with Crippen LogP contribution in [-0.4, -0.2) is 47.5 Å². The Morgan fingerprint density at radius 3 is 2.36 bits per heavy atom. The van der Waals surface area contributed by atoms with Crippen LogP contribution in [0.25, 0.3) is 0 Å². The first-order chi connectivity index (χ1) is 17.3. The lowest BCUT2D eigenvalue weighted by atomic mass is 10.2. The van der Waals surface area contributed by atoms with Gasteiger partial charge in [-0.3, -0.25) is 9.10 Å². The van der Waals surface area contributed by atoms with Crippen molar-refractivity contribution in [3.05, 3.63) is 83.4 Å². The van der Waals surface area contributed by atoms with Crippen molar-refractivity contribution in [2.75, 3.05) is 25.1 Å². The molecule has 0 saturated heterocycles. The van der Waals surface area contributed by atoms with Gasteiger partial charge in [-0.1, -0.05) is 41.9 Å². The number of benzene rings is 3. The van der Waals surface area contributed by atoms with Crippen LogP contribution in [0, 0.1) is 0 Å². The lowest BCUT2D eigenvalue weighted by Crippen LogP contribution is -2.39. The molecule has 0 aliphatic rings. The van der Waals surface area contributed by atoms with E-state index in [0.717, 1.165) is 4.31 Å². The molecule has 3 aromatic rings. The smallest absolute Gasteiger partial charge is 0.493 e. The largest absolute Gasteiger partial charge is 0.513 e. The highest BCUT2D eigenvalue weighted by Crippen LogP contribution is 2.30. The Bertz CT molecular complexity index is 1370. The van der Waals surface area contributed by atoms with Gasteiger partial charge in [-0.05, 0) is 48.0 Å². The molecule has 36 heavy (non-hydrogen) atoms. The Morgan fingerprint density at radius 2 is 1.69 bits per heavy atom. The van der Waals surface area contributed by atoms with E-state index >= 15 is 0 Å². The first-order valence-corrected chi connectivity index (χ1v) is 12.2. The van der Waals surface area contributed by atoms with Crippen LogP contribution in [0.3, 0.4) is 0 Å². The number of nitrogens with one attached hydrogen (secondary N) is 1. The highest BCUT2D eigenvalue weighted by molar-refractivity contribution is 7.92. The molecule has 3 aromatic carbocycles. The van der Waals surface area contributed by atoms with Crippen LogP contribution in [0.5, 0.6) is 11.5 Å². The number of hydrogen-bond acceptors (Lipinski definition) is 8. The van der Waals surface area contributed by atoms with Crippen LogP contribution in [0.2, 0.25) is 5.02 Å². The minimum Gasteiger partial charge on any atom is -0.493 e. The summed E-state index contributed by atoms with van der Waals surface area (Å²) in [6.07, 6.45) is 0.406. The van der Waals surface area contributed by atoms with E-state index in [4.69, 9.17) is 21.1 Å². The summed E-state index contributed by atoms with van der Waals surface area (Å²) in [5.74, 6) is -0.343. The summed E-state index contributed by atoms with van der Waals surface area (Å²) in [4.78, 5) is 24.0. The number of anilines is 1. The van der Waals surface area contributed by atoms with Gasteiger partial charge in [0.25, 0.3) is 15.9 Å². The first-order valence-electron chi connectivity index (χ1n) is 10.3. The number of nitrogens with zero attached hydrogens (tertiary/aromatic N) is 2. The maximum absolute atomic E-state index is 13.3. The fourth-order valence-electron chi connectivity index (χ4n) is 3.00. The second-order valence-corrected chi connectivity index (χ2v) is 9.31. The van der Waals surface area contributed by atoms with E-state index in [9.17, 15) is 18.0 Å². The molecule has 0 atom stereocenters. The number of halogens is 1. The number of hydrogen-bond donors (Lipinski definition) is 1. The Labute approximate surface area is 213 Å². The Kier molecular flexibility index (Phi) is 8.87. The summed E-state index contributed by atoms with van der Waals surface area (Å²) in [6.45, 7) is -0.576. The van der Waals surface area contributed by atoms with Gasteiger partial charge in [0.05, 0.1) is 36.0 Å². The van der Waals surface area contributed by atoms with Crippen molar-refractivity contribution in [2.24, 2.45) is 5.10 Å². The zero-order chi connectivity index (χ0) is 26.1. The van der Waals surface area contributed by atoms with Crippen LogP contribution >= 0.6 is 11.6 Å². The predicted molar refractivity (Wildman–Crippen MR) is 134 cm³/mol. The van der Waals surface area contributed by atoms with Gasteiger partial charge in [0.15, 0.2) is 11.5 Å². The molecule has 0 spiro atoms. The lowest BCUT2D eigenvalue weighted by molar-refractivity contribution is -0.119. The molecule has 188 valence electrons. The van der Waals surface area contributed by atoms with E-state index in [2.05, 4.69) is 15.3 Å². The van der Waals surface area contributed by atoms with Crippen molar-refractivity contribution < 1.29 is 32.2 Å². The molecule has 0 unspecified atom stereocenters. The summed E-state index contributed by atoms with van der Waals surface area (Å²) in [5.41, 5.74) is 2.95. The molecule has 1 amide bonds. The number of sulfonamides is 1. The molecular formula is C24H22ClN3O7S. The van der Waals surface area contributed by atoms with Crippen LogP contribution < -0.4 is 19.2 Å². The lowest BCUT2D eigenvalue weighted by Gasteiger charge is -2.24.